The number of anilines is 3. The molecule has 2 aromatic carbocycles. The van der Waals surface area contributed by atoms with E-state index in [2.05, 4.69) is 15.6 Å². The summed E-state index contributed by atoms with van der Waals surface area (Å²) in [6.07, 6.45) is -4.69. The molecule has 0 radical (unpaired) electrons. The molecule has 0 spiro atoms. The Kier molecular flexibility index (Phi) is 6.09. The van der Waals surface area contributed by atoms with Crippen molar-refractivity contribution in [2.45, 2.75) is 13.1 Å². The number of hydrogen-bond acceptors (Lipinski definition) is 4. The number of alkyl halides is 3. The van der Waals surface area contributed by atoms with Crippen LogP contribution in [0.3, 0.4) is 0 Å². The molecule has 5 nitrogen and oxygen atoms in total. The number of hydrogen-bond donors (Lipinski definition) is 2. The van der Waals surface area contributed by atoms with Gasteiger partial charge in [0.15, 0.2) is 0 Å². The molecule has 0 unspecified atom stereocenters. The molecule has 0 bridgehead atoms. The fraction of sp³-hybridized carbons (Fsp3) is 0.143. The summed E-state index contributed by atoms with van der Waals surface area (Å²) < 4.78 is 71.7. The van der Waals surface area contributed by atoms with Gasteiger partial charge < -0.3 is 15.4 Å². The number of amides is 1. The minimum Gasteiger partial charge on any atom is -0.481 e. The van der Waals surface area contributed by atoms with Crippen molar-refractivity contribution in [2.24, 2.45) is 0 Å². The second kappa shape index (κ2) is 8.58. The highest BCUT2D eigenvalue weighted by atomic mass is 19.4. The number of ether oxygens (including phenoxy) is 1. The molecule has 1 heterocycles. The molecule has 10 heteroatoms. The van der Waals surface area contributed by atoms with Gasteiger partial charge in [0.1, 0.15) is 11.6 Å². The molecule has 0 atom stereocenters. The minimum absolute atomic E-state index is 0.188. The smallest absolute Gasteiger partial charge is 0.416 e. The molecule has 0 saturated heterocycles. The van der Waals surface area contributed by atoms with Crippen molar-refractivity contribution in [1.29, 1.82) is 0 Å². The summed E-state index contributed by atoms with van der Waals surface area (Å²) in [5.41, 5.74) is -1.11. The number of benzene rings is 2. The quantitative estimate of drug-likeness (QED) is 0.504. The number of halogens is 5. The maximum absolute atomic E-state index is 14.0. The fourth-order valence-corrected chi connectivity index (χ4v) is 2.73. The molecular weight excluding hydrogens is 421 g/mol. The minimum atomic E-state index is -4.69. The molecule has 0 aliphatic rings. The van der Waals surface area contributed by atoms with E-state index in [1.807, 2.05) is 0 Å². The van der Waals surface area contributed by atoms with Crippen molar-refractivity contribution in [3.8, 4) is 5.88 Å². The summed E-state index contributed by atoms with van der Waals surface area (Å²) in [5.74, 6) is -2.32. The molecule has 162 valence electrons. The van der Waals surface area contributed by atoms with E-state index >= 15 is 0 Å². The highest BCUT2D eigenvalue weighted by Crippen LogP contribution is 2.34. The van der Waals surface area contributed by atoms with E-state index in [0.29, 0.717) is 29.4 Å². The Morgan fingerprint density at radius 3 is 2.29 bits per heavy atom. The molecular formula is C21H16F5N3O2. The lowest BCUT2D eigenvalue weighted by molar-refractivity contribution is -0.137. The lowest BCUT2D eigenvalue weighted by Crippen LogP contribution is -2.16. The Morgan fingerprint density at radius 2 is 1.68 bits per heavy atom. The Bertz CT molecular complexity index is 1130. The molecule has 2 N–H and O–H groups in total. The molecule has 3 aromatic rings. The first-order chi connectivity index (χ1) is 14.6. The number of rotatable bonds is 5. The van der Waals surface area contributed by atoms with Gasteiger partial charge in [-0.15, -0.1) is 0 Å². The van der Waals surface area contributed by atoms with E-state index in [9.17, 15) is 26.7 Å². The van der Waals surface area contributed by atoms with Crippen LogP contribution in [0.5, 0.6) is 5.88 Å². The van der Waals surface area contributed by atoms with E-state index in [1.165, 1.54) is 19.2 Å². The maximum Gasteiger partial charge on any atom is 0.416 e. The van der Waals surface area contributed by atoms with E-state index in [4.69, 9.17) is 4.74 Å². The van der Waals surface area contributed by atoms with Gasteiger partial charge in [0.05, 0.1) is 41.0 Å². The average molecular weight is 437 g/mol. The molecule has 1 amide bonds. The number of nitrogens with one attached hydrogen (secondary N) is 2. The first-order valence-corrected chi connectivity index (χ1v) is 8.85. The van der Waals surface area contributed by atoms with Gasteiger partial charge in [-0.1, -0.05) is 0 Å². The summed E-state index contributed by atoms with van der Waals surface area (Å²) in [6, 6.07) is 7.93. The molecule has 0 aliphatic carbocycles. The van der Waals surface area contributed by atoms with Crippen LogP contribution in [0, 0.1) is 18.6 Å². The predicted octanol–water partition coefficient (Wildman–Crippen LogP) is 5.69. The van der Waals surface area contributed by atoms with Crippen molar-refractivity contribution in [3.63, 3.8) is 0 Å². The standard InChI is InChI=1S/C21H16F5N3O2/c1-11-16(7-8-19(27-11)31-2)29-20(30)14-5-3-12(21(24,25)26)9-18(14)28-17-6-4-13(22)10-15(17)23/h3-10,28H,1-2H3,(H,29,30). The first kappa shape index (κ1) is 22.0. The lowest BCUT2D eigenvalue weighted by atomic mass is 10.1. The van der Waals surface area contributed by atoms with Crippen LogP contribution in [0.4, 0.5) is 39.0 Å². The Labute approximate surface area is 173 Å². The second-order valence-electron chi connectivity index (χ2n) is 6.45. The molecule has 0 saturated carbocycles. The van der Waals surface area contributed by atoms with Gasteiger partial charge in [-0.05, 0) is 43.3 Å². The van der Waals surface area contributed by atoms with Crippen LogP contribution in [-0.4, -0.2) is 18.0 Å². The molecule has 1 aromatic heterocycles. The first-order valence-electron chi connectivity index (χ1n) is 8.85. The fourth-order valence-electron chi connectivity index (χ4n) is 2.73. The van der Waals surface area contributed by atoms with Gasteiger partial charge in [0.2, 0.25) is 5.88 Å². The van der Waals surface area contributed by atoms with Gasteiger partial charge in [-0.3, -0.25) is 4.79 Å². The summed E-state index contributed by atoms with van der Waals surface area (Å²) in [6.45, 7) is 1.61. The molecule has 3 rings (SSSR count). The van der Waals surface area contributed by atoms with Crippen molar-refractivity contribution < 1.29 is 31.5 Å². The van der Waals surface area contributed by atoms with Crippen molar-refractivity contribution in [2.75, 3.05) is 17.7 Å². The van der Waals surface area contributed by atoms with Crippen LogP contribution in [0.25, 0.3) is 0 Å². The van der Waals surface area contributed by atoms with Crippen molar-refractivity contribution in [3.05, 3.63) is 77.0 Å². The summed E-state index contributed by atoms with van der Waals surface area (Å²) in [7, 11) is 1.43. The third kappa shape index (κ3) is 5.08. The van der Waals surface area contributed by atoms with Gasteiger partial charge >= 0.3 is 6.18 Å². The maximum atomic E-state index is 14.0. The molecule has 0 aliphatic heterocycles. The largest absolute Gasteiger partial charge is 0.481 e. The topological polar surface area (TPSA) is 63.2 Å². The zero-order valence-corrected chi connectivity index (χ0v) is 16.3. The number of aryl methyl sites for hydroxylation is 1. The van der Waals surface area contributed by atoms with Crippen LogP contribution >= 0.6 is 0 Å². The Hall–Kier alpha value is -3.69. The number of pyridine rings is 1. The normalized spacial score (nSPS) is 11.2. The van der Waals surface area contributed by atoms with Crippen LogP contribution in [0.1, 0.15) is 21.6 Å². The van der Waals surface area contributed by atoms with Gasteiger partial charge in [0, 0.05) is 12.1 Å². The highest BCUT2D eigenvalue weighted by Gasteiger charge is 2.31. The average Bonchev–Trinajstić information content (AvgIpc) is 2.70. The van der Waals surface area contributed by atoms with E-state index in [1.54, 1.807) is 6.92 Å². The van der Waals surface area contributed by atoms with Gasteiger partial charge in [-0.2, -0.15) is 13.2 Å². The molecule has 0 fully saturated rings. The summed E-state index contributed by atoms with van der Waals surface area (Å²) in [4.78, 5) is 16.9. The number of methoxy groups -OCH3 is 1. The van der Waals surface area contributed by atoms with Crippen LogP contribution < -0.4 is 15.4 Å². The Morgan fingerprint density at radius 1 is 0.968 bits per heavy atom. The molecule has 31 heavy (non-hydrogen) atoms. The number of carbonyl (C=O) groups excluding carboxylic acids is 1. The Balaban J connectivity index is 1.99. The van der Waals surface area contributed by atoms with E-state index in [0.717, 1.165) is 24.3 Å². The predicted molar refractivity (Wildman–Crippen MR) is 105 cm³/mol. The highest BCUT2D eigenvalue weighted by molar-refractivity contribution is 6.08. The number of carbonyl (C=O) groups is 1. The van der Waals surface area contributed by atoms with Crippen LogP contribution in [0.2, 0.25) is 0 Å². The number of aromatic nitrogens is 1. The van der Waals surface area contributed by atoms with Crippen LogP contribution in [-0.2, 0) is 6.18 Å². The van der Waals surface area contributed by atoms with E-state index in [-0.39, 0.29) is 16.9 Å². The SMILES string of the molecule is COc1ccc(NC(=O)c2ccc(C(F)(F)F)cc2Nc2ccc(F)cc2F)c(C)n1. The third-order valence-electron chi connectivity index (χ3n) is 4.31. The lowest BCUT2D eigenvalue weighted by Gasteiger charge is -2.16. The van der Waals surface area contributed by atoms with Crippen LogP contribution in [0.15, 0.2) is 48.5 Å². The third-order valence-corrected chi connectivity index (χ3v) is 4.31. The van der Waals surface area contributed by atoms with Gasteiger partial charge in [-0.25, -0.2) is 13.8 Å². The monoisotopic (exact) mass is 437 g/mol. The van der Waals surface area contributed by atoms with E-state index < -0.39 is 29.3 Å². The van der Waals surface area contributed by atoms with Crippen molar-refractivity contribution in [1.82, 2.24) is 4.98 Å². The summed E-state index contributed by atoms with van der Waals surface area (Å²) in [5, 5.41) is 5.00. The summed E-state index contributed by atoms with van der Waals surface area (Å²) >= 11 is 0. The zero-order chi connectivity index (χ0) is 22.8. The second-order valence-corrected chi connectivity index (χ2v) is 6.45. The van der Waals surface area contributed by atoms with Gasteiger partial charge in [0.25, 0.3) is 5.91 Å². The number of nitrogens with zero attached hydrogens (tertiary/aromatic N) is 1. The van der Waals surface area contributed by atoms with Crippen molar-refractivity contribution >= 4 is 23.0 Å². The zero-order valence-electron chi connectivity index (χ0n) is 16.3.